The van der Waals surface area contributed by atoms with Crippen LogP contribution in [0.1, 0.15) is 31.7 Å². The van der Waals surface area contributed by atoms with Crippen LogP contribution in [-0.2, 0) is 0 Å². The number of hydrogen-bond donors (Lipinski definition) is 1. The number of nitrogens with one attached hydrogen (secondary N) is 1. The number of rotatable bonds is 7. The van der Waals surface area contributed by atoms with E-state index in [0.717, 1.165) is 40.3 Å². The molecule has 2 aromatic heterocycles. The van der Waals surface area contributed by atoms with Gasteiger partial charge in [0.15, 0.2) is 11.0 Å². The molecule has 26 heavy (non-hydrogen) atoms. The van der Waals surface area contributed by atoms with Crippen LogP contribution in [-0.4, -0.2) is 25.5 Å². The molecule has 1 atom stereocenters. The van der Waals surface area contributed by atoms with Crippen molar-refractivity contribution < 1.29 is 0 Å². The van der Waals surface area contributed by atoms with Gasteiger partial charge < -0.3 is 4.98 Å². The fourth-order valence-electron chi connectivity index (χ4n) is 3.08. The summed E-state index contributed by atoms with van der Waals surface area (Å²) in [5.41, 5.74) is 2.15. The minimum Gasteiger partial charge on any atom is -0.360 e. The number of benzene rings is 1. The maximum Gasteiger partial charge on any atom is 0.191 e. The number of nitriles is 2. The van der Waals surface area contributed by atoms with Crippen LogP contribution in [0.3, 0.4) is 0 Å². The summed E-state index contributed by atoms with van der Waals surface area (Å²) in [6.45, 7) is 0. The molecule has 0 unspecified atom stereocenters. The number of nitrogens with zero attached hydrogens (tertiary/aromatic N) is 5. The zero-order chi connectivity index (χ0) is 17.9. The maximum atomic E-state index is 9.28. The molecule has 1 saturated carbocycles. The zero-order valence-corrected chi connectivity index (χ0v) is 15.0. The Morgan fingerprint density at radius 2 is 2.12 bits per heavy atom. The third-order valence-corrected chi connectivity index (χ3v) is 5.71. The van der Waals surface area contributed by atoms with Crippen LogP contribution in [0.5, 0.6) is 0 Å². The second-order valence-electron chi connectivity index (χ2n) is 6.49. The molecule has 1 fully saturated rings. The average Bonchev–Trinajstić information content (AvgIpc) is 3.28. The Morgan fingerprint density at radius 1 is 1.27 bits per heavy atom. The summed E-state index contributed by atoms with van der Waals surface area (Å²) < 4.78 is 2.22. The summed E-state index contributed by atoms with van der Waals surface area (Å²) in [6, 6.07) is 13.0. The predicted octanol–water partition coefficient (Wildman–Crippen LogP) is 4.30. The topological polar surface area (TPSA) is 94.1 Å². The molecule has 3 aromatic rings. The molecule has 1 aromatic carbocycles. The van der Waals surface area contributed by atoms with Crippen LogP contribution in [0.25, 0.3) is 22.3 Å². The molecule has 1 aliphatic rings. The largest absolute Gasteiger partial charge is 0.360 e. The van der Waals surface area contributed by atoms with Crippen molar-refractivity contribution in [2.75, 3.05) is 5.75 Å². The molecule has 0 bridgehead atoms. The molecule has 0 aliphatic heterocycles. The van der Waals surface area contributed by atoms with Crippen molar-refractivity contribution in [1.82, 2.24) is 19.7 Å². The lowest BCUT2D eigenvalue weighted by Crippen LogP contribution is -2.04. The van der Waals surface area contributed by atoms with Gasteiger partial charge in [-0.2, -0.15) is 10.5 Å². The van der Waals surface area contributed by atoms with E-state index in [-0.39, 0.29) is 5.92 Å². The molecule has 1 aliphatic carbocycles. The number of para-hydroxylation sites is 1. The standard InChI is InChI=1S/C19H18N6S/c20-9-3-4-13(10-21)12-26-19-24-23-18(25(19)14-7-8-14)16-11-22-17-6-2-1-5-15(16)17/h1-2,5-6,11,13-14,22H,3-4,7-8,12H2/t13-/m1/s1. The quantitative estimate of drug-likeness (QED) is 0.632. The molecule has 0 amide bonds. The molecular formula is C19H18N6S. The van der Waals surface area contributed by atoms with E-state index in [1.807, 2.05) is 18.3 Å². The van der Waals surface area contributed by atoms with Gasteiger partial charge >= 0.3 is 0 Å². The van der Waals surface area contributed by atoms with E-state index in [1.54, 1.807) is 11.8 Å². The smallest absolute Gasteiger partial charge is 0.191 e. The van der Waals surface area contributed by atoms with Crippen LogP contribution < -0.4 is 0 Å². The zero-order valence-electron chi connectivity index (χ0n) is 14.2. The molecule has 7 heteroatoms. The fraction of sp³-hybridized carbons (Fsp3) is 0.368. The van der Waals surface area contributed by atoms with E-state index < -0.39 is 0 Å². The van der Waals surface area contributed by atoms with Crippen molar-refractivity contribution in [2.24, 2.45) is 5.92 Å². The summed E-state index contributed by atoms with van der Waals surface area (Å²) in [5, 5.41) is 28.9. The normalized spacial score (nSPS) is 14.8. The van der Waals surface area contributed by atoms with E-state index in [2.05, 4.69) is 44.0 Å². The Morgan fingerprint density at radius 3 is 2.88 bits per heavy atom. The van der Waals surface area contributed by atoms with Crippen molar-refractivity contribution in [2.45, 2.75) is 36.9 Å². The Hall–Kier alpha value is -2.77. The Balaban J connectivity index is 1.62. The first-order valence-corrected chi connectivity index (χ1v) is 9.71. The van der Waals surface area contributed by atoms with E-state index in [4.69, 9.17) is 5.26 Å². The first-order valence-electron chi connectivity index (χ1n) is 8.72. The summed E-state index contributed by atoms with van der Waals surface area (Å²) >= 11 is 1.57. The van der Waals surface area contributed by atoms with E-state index in [9.17, 15) is 5.26 Å². The van der Waals surface area contributed by atoms with Gasteiger partial charge in [-0.1, -0.05) is 30.0 Å². The number of thioether (sulfide) groups is 1. The number of fused-ring (bicyclic) bond motifs is 1. The molecule has 0 spiro atoms. The van der Waals surface area contributed by atoms with Crippen LogP contribution in [0, 0.1) is 28.6 Å². The second-order valence-corrected chi connectivity index (χ2v) is 7.48. The highest BCUT2D eigenvalue weighted by Crippen LogP contribution is 2.42. The molecule has 0 radical (unpaired) electrons. The summed E-state index contributed by atoms with van der Waals surface area (Å²) in [6.07, 6.45) is 5.28. The highest BCUT2D eigenvalue weighted by molar-refractivity contribution is 7.99. The Bertz CT molecular complexity index is 1000. The molecular weight excluding hydrogens is 344 g/mol. The van der Waals surface area contributed by atoms with E-state index in [1.165, 1.54) is 0 Å². The molecule has 2 heterocycles. The van der Waals surface area contributed by atoms with Crippen molar-refractivity contribution in [3.63, 3.8) is 0 Å². The highest BCUT2D eigenvalue weighted by Gasteiger charge is 2.31. The lowest BCUT2D eigenvalue weighted by atomic mass is 10.1. The number of aromatic amines is 1. The van der Waals surface area contributed by atoms with E-state index in [0.29, 0.717) is 24.6 Å². The lowest BCUT2D eigenvalue weighted by Gasteiger charge is -2.10. The fourth-order valence-corrected chi connectivity index (χ4v) is 4.14. The Kier molecular flexibility index (Phi) is 4.64. The van der Waals surface area contributed by atoms with Gasteiger partial charge in [0.25, 0.3) is 0 Å². The number of aromatic nitrogens is 4. The maximum absolute atomic E-state index is 9.28. The minimum absolute atomic E-state index is 0.138. The number of H-pyrrole nitrogens is 1. The van der Waals surface area contributed by atoms with Gasteiger partial charge in [0.05, 0.1) is 18.1 Å². The molecule has 6 nitrogen and oxygen atoms in total. The van der Waals surface area contributed by atoms with Crippen LogP contribution in [0.4, 0.5) is 0 Å². The SMILES string of the molecule is N#CCC[C@H](C#N)CSc1nnc(-c2c[nH]c3ccccc23)n1C1CC1. The monoisotopic (exact) mass is 362 g/mol. The predicted molar refractivity (Wildman–Crippen MR) is 100 cm³/mol. The van der Waals surface area contributed by atoms with Crippen molar-refractivity contribution in [3.05, 3.63) is 30.5 Å². The molecule has 0 saturated heterocycles. The van der Waals surface area contributed by atoms with Crippen LogP contribution >= 0.6 is 11.8 Å². The van der Waals surface area contributed by atoms with Gasteiger partial charge in [0.1, 0.15) is 0 Å². The third kappa shape index (κ3) is 3.18. The van der Waals surface area contributed by atoms with E-state index >= 15 is 0 Å². The second kappa shape index (κ2) is 7.23. The van der Waals surface area contributed by atoms with Gasteiger partial charge in [0.2, 0.25) is 0 Å². The van der Waals surface area contributed by atoms with Gasteiger partial charge in [-0.15, -0.1) is 10.2 Å². The van der Waals surface area contributed by atoms with Crippen molar-refractivity contribution in [1.29, 1.82) is 10.5 Å². The first-order chi connectivity index (χ1) is 12.8. The third-order valence-electron chi connectivity index (χ3n) is 4.61. The average molecular weight is 362 g/mol. The lowest BCUT2D eigenvalue weighted by molar-refractivity contribution is 0.659. The Labute approximate surface area is 155 Å². The molecule has 1 N–H and O–H groups in total. The van der Waals surface area contributed by atoms with Crippen LogP contribution in [0.2, 0.25) is 0 Å². The van der Waals surface area contributed by atoms with Gasteiger partial charge in [0, 0.05) is 40.9 Å². The van der Waals surface area contributed by atoms with Gasteiger partial charge in [-0.05, 0) is 25.3 Å². The highest BCUT2D eigenvalue weighted by atomic mass is 32.2. The first kappa shape index (κ1) is 16.7. The van der Waals surface area contributed by atoms with Gasteiger partial charge in [-0.25, -0.2) is 0 Å². The summed E-state index contributed by atoms with van der Waals surface area (Å²) in [4.78, 5) is 3.30. The van der Waals surface area contributed by atoms with Crippen LogP contribution in [0.15, 0.2) is 35.6 Å². The summed E-state index contributed by atoms with van der Waals surface area (Å²) in [7, 11) is 0. The van der Waals surface area contributed by atoms with Gasteiger partial charge in [-0.3, -0.25) is 4.57 Å². The molecule has 130 valence electrons. The van der Waals surface area contributed by atoms with Crippen molar-refractivity contribution in [3.8, 4) is 23.5 Å². The number of hydrogen-bond acceptors (Lipinski definition) is 5. The minimum atomic E-state index is -0.138. The van der Waals surface area contributed by atoms with Crippen molar-refractivity contribution >= 4 is 22.7 Å². The summed E-state index contributed by atoms with van der Waals surface area (Å²) in [5.74, 6) is 1.38. The molecule has 4 rings (SSSR count).